The number of carbonyl (C=O) groups excluding carboxylic acids is 1. The second kappa shape index (κ2) is 3.62. The van der Waals surface area contributed by atoms with Crippen LogP contribution in [0.1, 0.15) is 20.0 Å². The molecule has 0 fully saturated rings. The normalized spacial score (nSPS) is 10.1. The van der Waals surface area contributed by atoms with Crippen LogP contribution in [0.3, 0.4) is 0 Å². The molecular formula is C8H5N3O3S. The highest BCUT2D eigenvalue weighted by molar-refractivity contribution is 7.11. The first kappa shape index (κ1) is 9.53. The van der Waals surface area contributed by atoms with Gasteiger partial charge < -0.3 is 5.11 Å². The lowest BCUT2D eigenvalue weighted by Gasteiger charge is -1.94. The van der Waals surface area contributed by atoms with E-state index in [4.69, 9.17) is 5.11 Å². The standard InChI is InChI=1S/C8H5N3O3S/c12-3-6-7(9-4-15-6)11-2-5(1-10-11)8(13)14/h1-4H,(H,13,14). The fourth-order valence-corrected chi connectivity index (χ4v) is 1.62. The van der Waals surface area contributed by atoms with Crippen molar-refractivity contribution in [2.45, 2.75) is 0 Å². The Balaban J connectivity index is 2.45. The highest BCUT2D eigenvalue weighted by atomic mass is 32.1. The molecule has 6 nitrogen and oxygen atoms in total. The van der Waals surface area contributed by atoms with Crippen molar-refractivity contribution < 1.29 is 14.7 Å². The highest BCUT2D eigenvalue weighted by Gasteiger charge is 2.11. The first-order valence-corrected chi connectivity index (χ1v) is 4.77. The molecule has 0 bridgehead atoms. The molecule has 0 spiro atoms. The van der Waals surface area contributed by atoms with Crippen LogP contribution in [0.2, 0.25) is 0 Å². The quantitative estimate of drug-likeness (QED) is 0.779. The van der Waals surface area contributed by atoms with Crippen molar-refractivity contribution in [3.8, 4) is 5.82 Å². The first-order valence-electron chi connectivity index (χ1n) is 3.89. The summed E-state index contributed by atoms with van der Waals surface area (Å²) in [5.74, 6) is -0.716. The molecule has 0 amide bonds. The lowest BCUT2D eigenvalue weighted by atomic mass is 10.4. The fourth-order valence-electron chi connectivity index (χ4n) is 1.05. The molecule has 0 radical (unpaired) electrons. The molecule has 0 aliphatic carbocycles. The molecule has 0 aliphatic heterocycles. The van der Waals surface area contributed by atoms with E-state index in [-0.39, 0.29) is 5.56 Å². The predicted molar refractivity (Wildman–Crippen MR) is 51.6 cm³/mol. The van der Waals surface area contributed by atoms with Crippen molar-refractivity contribution >= 4 is 23.6 Å². The van der Waals surface area contributed by atoms with Crippen molar-refractivity contribution in [2.75, 3.05) is 0 Å². The highest BCUT2D eigenvalue weighted by Crippen LogP contribution is 2.15. The number of hydrogen-bond acceptors (Lipinski definition) is 5. The Morgan fingerprint density at radius 1 is 1.60 bits per heavy atom. The number of nitrogens with zero attached hydrogens (tertiary/aromatic N) is 3. The summed E-state index contributed by atoms with van der Waals surface area (Å²) in [4.78, 5) is 25.5. The average Bonchev–Trinajstić information content (AvgIpc) is 2.85. The lowest BCUT2D eigenvalue weighted by Crippen LogP contribution is -1.98. The van der Waals surface area contributed by atoms with Crippen LogP contribution in [0.4, 0.5) is 0 Å². The molecule has 1 N–H and O–H groups in total. The van der Waals surface area contributed by atoms with Gasteiger partial charge in [-0.25, -0.2) is 14.5 Å². The lowest BCUT2D eigenvalue weighted by molar-refractivity contribution is 0.0696. The molecule has 2 heterocycles. The summed E-state index contributed by atoms with van der Waals surface area (Å²) in [6.07, 6.45) is 3.18. The molecule has 2 aromatic rings. The Morgan fingerprint density at radius 3 is 3.00 bits per heavy atom. The van der Waals surface area contributed by atoms with Gasteiger partial charge >= 0.3 is 5.97 Å². The summed E-state index contributed by atoms with van der Waals surface area (Å²) in [6, 6.07) is 0. The average molecular weight is 223 g/mol. The predicted octanol–water partition coefficient (Wildman–Crippen LogP) is 0.839. The molecule has 0 aromatic carbocycles. The van der Waals surface area contributed by atoms with Crippen LogP contribution in [0.25, 0.3) is 5.82 Å². The smallest absolute Gasteiger partial charge is 0.338 e. The van der Waals surface area contributed by atoms with Gasteiger partial charge in [-0.3, -0.25) is 4.79 Å². The molecule has 0 saturated heterocycles. The van der Waals surface area contributed by atoms with Gasteiger partial charge in [0.15, 0.2) is 12.1 Å². The van der Waals surface area contributed by atoms with E-state index in [1.165, 1.54) is 33.9 Å². The van der Waals surface area contributed by atoms with Crippen LogP contribution in [-0.2, 0) is 0 Å². The Labute approximate surface area is 87.8 Å². The number of aromatic carboxylic acids is 1. The van der Waals surface area contributed by atoms with E-state index in [0.29, 0.717) is 17.0 Å². The summed E-state index contributed by atoms with van der Waals surface area (Å²) in [6.45, 7) is 0. The molecule has 0 aliphatic rings. The van der Waals surface area contributed by atoms with E-state index in [2.05, 4.69) is 10.1 Å². The Bertz CT molecular complexity index is 517. The van der Waals surface area contributed by atoms with Crippen LogP contribution in [0.15, 0.2) is 17.9 Å². The third-order valence-electron chi connectivity index (χ3n) is 1.73. The Hall–Kier alpha value is -2.02. The largest absolute Gasteiger partial charge is 0.478 e. The maximum atomic E-state index is 10.6. The maximum absolute atomic E-state index is 10.6. The number of thiazole rings is 1. The van der Waals surface area contributed by atoms with Gasteiger partial charge in [-0.05, 0) is 0 Å². The molecule has 2 aromatic heterocycles. The van der Waals surface area contributed by atoms with E-state index >= 15 is 0 Å². The van der Waals surface area contributed by atoms with Crippen molar-refractivity contribution in [3.05, 3.63) is 28.3 Å². The molecule has 7 heteroatoms. The number of rotatable bonds is 3. The van der Waals surface area contributed by atoms with E-state index < -0.39 is 5.97 Å². The van der Waals surface area contributed by atoms with Crippen molar-refractivity contribution in [1.29, 1.82) is 0 Å². The zero-order valence-corrected chi connectivity index (χ0v) is 8.14. The van der Waals surface area contributed by atoms with Gasteiger partial charge in [0.1, 0.15) is 4.88 Å². The second-order valence-electron chi connectivity index (χ2n) is 2.64. The Morgan fingerprint density at radius 2 is 2.40 bits per heavy atom. The van der Waals surface area contributed by atoms with Crippen LogP contribution in [0, 0.1) is 0 Å². The topological polar surface area (TPSA) is 85.1 Å². The summed E-state index contributed by atoms with van der Waals surface area (Å²) in [7, 11) is 0. The van der Waals surface area contributed by atoms with Gasteiger partial charge in [0.2, 0.25) is 0 Å². The molecule has 15 heavy (non-hydrogen) atoms. The number of carboxylic acid groups (broad SMARTS) is 1. The minimum atomic E-state index is -1.07. The van der Waals surface area contributed by atoms with Gasteiger partial charge in [-0.15, -0.1) is 11.3 Å². The number of aldehydes is 1. The third-order valence-corrected chi connectivity index (χ3v) is 2.47. The summed E-state index contributed by atoms with van der Waals surface area (Å²) in [5.41, 5.74) is 1.56. The van der Waals surface area contributed by atoms with Crippen molar-refractivity contribution in [3.63, 3.8) is 0 Å². The first-order chi connectivity index (χ1) is 7.22. The minimum absolute atomic E-state index is 0.0554. The van der Waals surface area contributed by atoms with E-state index in [0.717, 1.165) is 0 Å². The molecule has 0 atom stereocenters. The van der Waals surface area contributed by atoms with Gasteiger partial charge in [0.05, 0.1) is 17.3 Å². The van der Waals surface area contributed by atoms with Crippen LogP contribution >= 0.6 is 11.3 Å². The van der Waals surface area contributed by atoms with Gasteiger partial charge in [-0.1, -0.05) is 0 Å². The maximum Gasteiger partial charge on any atom is 0.338 e. The summed E-state index contributed by atoms with van der Waals surface area (Å²) < 4.78 is 1.27. The fraction of sp³-hybridized carbons (Fsp3) is 0. The second-order valence-corrected chi connectivity index (χ2v) is 3.52. The Kier molecular flexibility index (Phi) is 2.30. The molecule has 2 rings (SSSR count). The van der Waals surface area contributed by atoms with Crippen molar-refractivity contribution in [1.82, 2.24) is 14.8 Å². The van der Waals surface area contributed by atoms with E-state index in [1.54, 1.807) is 0 Å². The van der Waals surface area contributed by atoms with Gasteiger partial charge in [-0.2, -0.15) is 5.10 Å². The van der Waals surface area contributed by atoms with E-state index in [1.807, 2.05) is 0 Å². The summed E-state index contributed by atoms with van der Waals surface area (Å²) in [5, 5.41) is 12.5. The minimum Gasteiger partial charge on any atom is -0.478 e. The van der Waals surface area contributed by atoms with Crippen molar-refractivity contribution in [2.24, 2.45) is 0 Å². The zero-order chi connectivity index (χ0) is 10.8. The monoisotopic (exact) mass is 223 g/mol. The molecule has 76 valence electrons. The molecule has 0 unspecified atom stereocenters. The number of carboxylic acids is 1. The van der Waals surface area contributed by atoms with Crippen LogP contribution < -0.4 is 0 Å². The number of carbonyl (C=O) groups is 2. The van der Waals surface area contributed by atoms with Gasteiger partial charge in [0.25, 0.3) is 0 Å². The number of hydrogen-bond donors (Lipinski definition) is 1. The molecular weight excluding hydrogens is 218 g/mol. The SMILES string of the molecule is O=Cc1scnc1-n1cc(C(=O)O)cn1. The van der Waals surface area contributed by atoms with E-state index in [9.17, 15) is 9.59 Å². The summed E-state index contributed by atoms with van der Waals surface area (Å²) >= 11 is 1.17. The van der Waals surface area contributed by atoms with Gasteiger partial charge in [0, 0.05) is 6.20 Å². The molecule has 0 saturated carbocycles. The van der Waals surface area contributed by atoms with Crippen LogP contribution in [-0.4, -0.2) is 32.1 Å². The van der Waals surface area contributed by atoms with Crippen LogP contribution in [0.5, 0.6) is 0 Å². The third kappa shape index (κ3) is 1.64. The zero-order valence-electron chi connectivity index (χ0n) is 7.32. The number of aromatic nitrogens is 3.